The number of carbonyl (C=O) groups is 2. The predicted octanol–water partition coefficient (Wildman–Crippen LogP) is 4.29. The summed E-state index contributed by atoms with van der Waals surface area (Å²) in [4.78, 5) is 23.9. The van der Waals surface area contributed by atoms with Crippen LogP contribution in [-0.4, -0.2) is 25.0 Å². The third kappa shape index (κ3) is 7.53. The molecule has 0 atom stereocenters. The standard InChI is InChI=1S/C22H27N3O3/c1-4-12-28-20-7-5-6-19(14-20)23-15-22(27)25-18-10-8-17(9-11-18)24-21(26)13-16(2)3/h4-11,14,16,23H,1,12-13,15H2,2-3H3,(H,24,26)(H,25,27). The Morgan fingerprint density at radius 2 is 1.64 bits per heavy atom. The van der Waals surface area contributed by atoms with E-state index in [2.05, 4.69) is 22.5 Å². The lowest BCUT2D eigenvalue weighted by molar-refractivity contribution is -0.117. The van der Waals surface area contributed by atoms with Crippen LogP contribution in [0.5, 0.6) is 5.75 Å². The summed E-state index contributed by atoms with van der Waals surface area (Å²) in [7, 11) is 0. The number of carbonyl (C=O) groups excluding carboxylic acids is 2. The van der Waals surface area contributed by atoms with Gasteiger partial charge in [-0.05, 0) is 42.3 Å². The van der Waals surface area contributed by atoms with Crippen LogP contribution in [0.3, 0.4) is 0 Å². The minimum Gasteiger partial charge on any atom is -0.489 e. The fourth-order valence-corrected chi connectivity index (χ4v) is 2.46. The summed E-state index contributed by atoms with van der Waals surface area (Å²) < 4.78 is 5.47. The number of anilines is 3. The molecule has 6 nitrogen and oxygen atoms in total. The molecule has 2 amide bonds. The van der Waals surface area contributed by atoms with E-state index in [1.165, 1.54) is 0 Å². The molecule has 2 aromatic rings. The predicted molar refractivity (Wildman–Crippen MR) is 114 cm³/mol. The molecule has 148 valence electrons. The molecule has 0 bridgehead atoms. The number of rotatable bonds is 10. The Kier molecular flexibility index (Phi) is 8.09. The minimum absolute atomic E-state index is 0.0183. The van der Waals surface area contributed by atoms with Gasteiger partial charge in [0.05, 0.1) is 6.54 Å². The van der Waals surface area contributed by atoms with Gasteiger partial charge in [-0.1, -0.05) is 32.6 Å². The van der Waals surface area contributed by atoms with E-state index >= 15 is 0 Å². The molecule has 0 aliphatic carbocycles. The molecule has 0 radical (unpaired) electrons. The SMILES string of the molecule is C=CCOc1cccc(NCC(=O)Nc2ccc(NC(=O)CC(C)C)cc2)c1. The van der Waals surface area contributed by atoms with Crippen molar-refractivity contribution in [2.45, 2.75) is 20.3 Å². The average molecular weight is 381 g/mol. The summed E-state index contributed by atoms with van der Waals surface area (Å²) in [6.07, 6.45) is 2.15. The van der Waals surface area contributed by atoms with Gasteiger partial charge in [-0.25, -0.2) is 0 Å². The van der Waals surface area contributed by atoms with Gasteiger partial charge in [-0.2, -0.15) is 0 Å². The van der Waals surface area contributed by atoms with Gasteiger partial charge < -0.3 is 20.7 Å². The van der Waals surface area contributed by atoms with Crippen molar-refractivity contribution < 1.29 is 14.3 Å². The van der Waals surface area contributed by atoms with Crippen LogP contribution in [0.2, 0.25) is 0 Å². The van der Waals surface area contributed by atoms with Crippen molar-refractivity contribution in [3.8, 4) is 5.75 Å². The topological polar surface area (TPSA) is 79.5 Å². The van der Waals surface area contributed by atoms with Crippen LogP contribution in [0.25, 0.3) is 0 Å². The summed E-state index contributed by atoms with van der Waals surface area (Å²) in [6.45, 7) is 8.16. The maximum absolute atomic E-state index is 12.1. The Hall–Kier alpha value is -3.28. The quantitative estimate of drug-likeness (QED) is 0.537. The van der Waals surface area contributed by atoms with Crippen LogP contribution in [0, 0.1) is 5.92 Å². The van der Waals surface area contributed by atoms with Gasteiger partial charge in [0.2, 0.25) is 11.8 Å². The van der Waals surface area contributed by atoms with Gasteiger partial charge in [-0.3, -0.25) is 9.59 Å². The lowest BCUT2D eigenvalue weighted by Crippen LogP contribution is -2.21. The Morgan fingerprint density at radius 3 is 2.25 bits per heavy atom. The molecule has 0 fully saturated rings. The Balaban J connectivity index is 1.81. The van der Waals surface area contributed by atoms with Crippen LogP contribution in [0.1, 0.15) is 20.3 Å². The Labute approximate surface area is 166 Å². The van der Waals surface area contributed by atoms with Gasteiger partial charge in [-0.15, -0.1) is 0 Å². The van der Waals surface area contributed by atoms with Crippen molar-refractivity contribution in [3.05, 3.63) is 61.2 Å². The number of amides is 2. The summed E-state index contributed by atoms with van der Waals surface area (Å²) in [6, 6.07) is 14.4. The highest BCUT2D eigenvalue weighted by Crippen LogP contribution is 2.18. The first-order valence-corrected chi connectivity index (χ1v) is 9.23. The fourth-order valence-electron chi connectivity index (χ4n) is 2.46. The first kappa shape index (κ1) is 21.0. The molecular weight excluding hydrogens is 354 g/mol. The maximum Gasteiger partial charge on any atom is 0.243 e. The third-order valence-electron chi connectivity index (χ3n) is 3.70. The van der Waals surface area contributed by atoms with E-state index in [4.69, 9.17) is 4.74 Å². The highest BCUT2D eigenvalue weighted by molar-refractivity contribution is 5.94. The monoisotopic (exact) mass is 381 g/mol. The molecule has 0 aliphatic rings. The van der Waals surface area contributed by atoms with E-state index in [-0.39, 0.29) is 18.4 Å². The summed E-state index contributed by atoms with van der Waals surface area (Å²) in [5.74, 6) is 0.824. The second-order valence-electron chi connectivity index (χ2n) is 6.75. The molecule has 3 N–H and O–H groups in total. The van der Waals surface area contributed by atoms with Gasteiger partial charge in [0.1, 0.15) is 12.4 Å². The Morgan fingerprint density at radius 1 is 1.00 bits per heavy atom. The van der Waals surface area contributed by atoms with Gasteiger partial charge >= 0.3 is 0 Å². The van der Waals surface area contributed by atoms with Crippen molar-refractivity contribution >= 4 is 28.9 Å². The Bertz CT molecular complexity index is 801. The number of hydrogen-bond donors (Lipinski definition) is 3. The van der Waals surface area contributed by atoms with Gasteiger partial charge in [0.15, 0.2) is 0 Å². The normalized spacial score (nSPS) is 10.2. The first-order valence-electron chi connectivity index (χ1n) is 9.23. The van der Waals surface area contributed by atoms with Gasteiger partial charge in [0, 0.05) is 29.5 Å². The molecule has 2 aromatic carbocycles. The largest absolute Gasteiger partial charge is 0.489 e. The summed E-state index contributed by atoms with van der Waals surface area (Å²) >= 11 is 0. The van der Waals surface area contributed by atoms with E-state index in [0.717, 1.165) is 5.69 Å². The highest BCUT2D eigenvalue weighted by Gasteiger charge is 2.06. The molecule has 0 aromatic heterocycles. The third-order valence-corrected chi connectivity index (χ3v) is 3.70. The molecule has 0 heterocycles. The number of nitrogens with one attached hydrogen (secondary N) is 3. The molecule has 0 spiro atoms. The fraction of sp³-hybridized carbons (Fsp3) is 0.273. The number of ether oxygens (including phenoxy) is 1. The highest BCUT2D eigenvalue weighted by atomic mass is 16.5. The van der Waals surface area contributed by atoms with E-state index in [1.54, 1.807) is 30.3 Å². The first-order chi connectivity index (χ1) is 13.5. The molecule has 6 heteroatoms. The number of hydrogen-bond acceptors (Lipinski definition) is 4. The molecular formula is C22H27N3O3. The van der Waals surface area contributed by atoms with Gasteiger partial charge in [0.25, 0.3) is 0 Å². The van der Waals surface area contributed by atoms with Crippen LogP contribution in [-0.2, 0) is 9.59 Å². The van der Waals surface area contributed by atoms with Crippen molar-refractivity contribution in [3.63, 3.8) is 0 Å². The summed E-state index contributed by atoms with van der Waals surface area (Å²) in [5.41, 5.74) is 2.16. The average Bonchev–Trinajstić information content (AvgIpc) is 2.66. The zero-order chi connectivity index (χ0) is 20.4. The molecule has 0 aliphatic heterocycles. The lowest BCUT2D eigenvalue weighted by atomic mass is 10.1. The van der Waals surface area contributed by atoms with Crippen LogP contribution >= 0.6 is 0 Å². The maximum atomic E-state index is 12.1. The lowest BCUT2D eigenvalue weighted by Gasteiger charge is -2.11. The second kappa shape index (κ2) is 10.8. The van der Waals surface area contributed by atoms with Crippen LogP contribution < -0.4 is 20.7 Å². The smallest absolute Gasteiger partial charge is 0.243 e. The molecule has 2 rings (SSSR count). The van der Waals surface area contributed by atoms with Crippen LogP contribution in [0.4, 0.5) is 17.1 Å². The van der Waals surface area contributed by atoms with Crippen molar-refractivity contribution in [2.24, 2.45) is 5.92 Å². The molecule has 0 saturated carbocycles. The van der Waals surface area contributed by atoms with E-state index in [1.807, 2.05) is 38.1 Å². The van der Waals surface area contributed by atoms with Crippen molar-refractivity contribution in [1.29, 1.82) is 0 Å². The van der Waals surface area contributed by atoms with E-state index < -0.39 is 0 Å². The van der Waals surface area contributed by atoms with E-state index in [0.29, 0.717) is 36.1 Å². The zero-order valence-electron chi connectivity index (χ0n) is 16.3. The molecule has 0 saturated heterocycles. The van der Waals surface area contributed by atoms with Crippen molar-refractivity contribution in [2.75, 3.05) is 29.1 Å². The number of benzene rings is 2. The summed E-state index contributed by atoms with van der Waals surface area (Å²) in [5, 5.41) is 8.72. The molecule has 28 heavy (non-hydrogen) atoms. The molecule has 0 unspecified atom stereocenters. The second-order valence-corrected chi connectivity index (χ2v) is 6.75. The van der Waals surface area contributed by atoms with Crippen molar-refractivity contribution in [1.82, 2.24) is 0 Å². The minimum atomic E-state index is -0.172. The van der Waals surface area contributed by atoms with Crippen LogP contribution in [0.15, 0.2) is 61.2 Å². The van der Waals surface area contributed by atoms with E-state index in [9.17, 15) is 9.59 Å². The zero-order valence-corrected chi connectivity index (χ0v) is 16.3.